The molecule has 0 bridgehead atoms. The molecule has 1 atom stereocenters. The first-order valence-corrected chi connectivity index (χ1v) is 7.22. The zero-order valence-corrected chi connectivity index (χ0v) is 12.5. The molecule has 1 N–H and O–H groups in total. The monoisotopic (exact) mass is 288 g/mol. The summed E-state index contributed by atoms with van der Waals surface area (Å²) < 4.78 is 19.5. The average molecular weight is 288 g/mol. The molecule has 0 amide bonds. The molecule has 0 fully saturated rings. The smallest absolute Gasteiger partial charge is 0.169 e. The molecule has 0 spiro atoms. The van der Waals surface area contributed by atoms with Gasteiger partial charge in [-0.3, -0.25) is 4.98 Å². The van der Waals surface area contributed by atoms with Crippen LogP contribution in [-0.2, 0) is 6.42 Å². The van der Waals surface area contributed by atoms with Crippen LogP contribution >= 0.6 is 0 Å². The normalized spacial score (nSPS) is 12.1. The second kappa shape index (κ2) is 7.74. The number of nitrogens with zero attached hydrogens (tertiary/aromatic N) is 1. The van der Waals surface area contributed by atoms with Gasteiger partial charge in [0.05, 0.1) is 7.11 Å². The van der Waals surface area contributed by atoms with Crippen LogP contribution in [0.25, 0.3) is 0 Å². The molecule has 1 aromatic heterocycles. The minimum Gasteiger partial charge on any atom is -0.494 e. The molecular formula is C17H21FN2O. The van der Waals surface area contributed by atoms with E-state index in [1.54, 1.807) is 12.3 Å². The lowest BCUT2D eigenvalue weighted by Gasteiger charge is -2.19. The molecule has 0 aliphatic heterocycles. The number of ether oxygens (including phenoxy) is 1. The van der Waals surface area contributed by atoms with Crippen molar-refractivity contribution in [3.8, 4) is 5.75 Å². The Morgan fingerprint density at radius 1 is 1.24 bits per heavy atom. The van der Waals surface area contributed by atoms with Crippen molar-refractivity contribution in [1.29, 1.82) is 0 Å². The van der Waals surface area contributed by atoms with Gasteiger partial charge in [0.1, 0.15) is 0 Å². The number of halogens is 1. The second-order valence-electron chi connectivity index (χ2n) is 4.83. The highest BCUT2D eigenvalue weighted by molar-refractivity contribution is 5.33. The Morgan fingerprint density at radius 3 is 2.76 bits per heavy atom. The number of hydrogen-bond acceptors (Lipinski definition) is 3. The van der Waals surface area contributed by atoms with Crippen LogP contribution in [0.4, 0.5) is 4.39 Å². The summed E-state index contributed by atoms with van der Waals surface area (Å²) in [6, 6.07) is 11.1. The molecule has 0 saturated carbocycles. The van der Waals surface area contributed by atoms with Crippen LogP contribution in [-0.4, -0.2) is 18.6 Å². The number of rotatable bonds is 7. The minimum atomic E-state index is -0.285. The number of methoxy groups -OCH3 is 1. The van der Waals surface area contributed by atoms with Crippen molar-refractivity contribution in [3.63, 3.8) is 0 Å². The fourth-order valence-corrected chi connectivity index (χ4v) is 2.41. The van der Waals surface area contributed by atoms with Crippen molar-refractivity contribution in [3.05, 3.63) is 59.7 Å². The van der Waals surface area contributed by atoms with Gasteiger partial charge in [-0.15, -0.1) is 0 Å². The lowest BCUT2D eigenvalue weighted by atomic mass is 9.99. The number of pyridine rings is 1. The van der Waals surface area contributed by atoms with Gasteiger partial charge in [0, 0.05) is 23.5 Å². The Kier molecular flexibility index (Phi) is 5.69. The molecule has 1 aromatic carbocycles. The van der Waals surface area contributed by atoms with E-state index in [0.29, 0.717) is 5.56 Å². The summed E-state index contributed by atoms with van der Waals surface area (Å²) in [4.78, 5) is 4.31. The first kappa shape index (κ1) is 15.4. The molecule has 1 unspecified atom stereocenters. The summed E-state index contributed by atoms with van der Waals surface area (Å²) in [7, 11) is 1.48. The molecule has 0 aliphatic rings. The first-order chi connectivity index (χ1) is 10.3. The van der Waals surface area contributed by atoms with Crippen LogP contribution in [0.1, 0.15) is 30.6 Å². The van der Waals surface area contributed by atoms with Crippen molar-refractivity contribution in [2.45, 2.75) is 25.8 Å². The van der Waals surface area contributed by atoms with E-state index in [4.69, 9.17) is 4.74 Å². The fourth-order valence-electron chi connectivity index (χ4n) is 2.41. The molecule has 112 valence electrons. The molecule has 0 saturated heterocycles. The average Bonchev–Trinajstić information content (AvgIpc) is 2.53. The second-order valence-corrected chi connectivity index (χ2v) is 4.83. The summed E-state index contributed by atoms with van der Waals surface area (Å²) in [6.45, 7) is 2.80. The summed E-state index contributed by atoms with van der Waals surface area (Å²) in [5.74, 6) is 0.000194. The standard InChI is InChI=1S/C17H21FN2O/c1-3-19-15(11-10-13-7-4-5-12-20-13)14-8-6-9-16(21-2)17(14)18/h4-9,12,15,19H,3,10-11H2,1-2H3. The Morgan fingerprint density at radius 2 is 2.10 bits per heavy atom. The summed E-state index contributed by atoms with van der Waals surface area (Å²) in [6.07, 6.45) is 3.37. The maximum Gasteiger partial charge on any atom is 0.169 e. The molecule has 21 heavy (non-hydrogen) atoms. The maximum absolute atomic E-state index is 14.4. The van der Waals surface area contributed by atoms with Gasteiger partial charge < -0.3 is 10.1 Å². The van der Waals surface area contributed by atoms with Crippen LogP contribution in [0.2, 0.25) is 0 Å². The number of nitrogens with one attached hydrogen (secondary N) is 1. The molecule has 0 aliphatic carbocycles. The molecule has 0 radical (unpaired) electrons. The van der Waals surface area contributed by atoms with E-state index in [1.807, 2.05) is 37.3 Å². The number of aromatic nitrogens is 1. The van der Waals surface area contributed by atoms with Crippen LogP contribution in [0.5, 0.6) is 5.75 Å². The van der Waals surface area contributed by atoms with Crippen molar-refractivity contribution >= 4 is 0 Å². The Labute approximate surface area is 125 Å². The number of aryl methyl sites for hydroxylation is 1. The Balaban J connectivity index is 2.15. The van der Waals surface area contributed by atoms with Gasteiger partial charge in [-0.05, 0) is 37.6 Å². The van der Waals surface area contributed by atoms with Crippen LogP contribution in [0, 0.1) is 5.82 Å². The van der Waals surface area contributed by atoms with Gasteiger partial charge >= 0.3 is 0 Å². The van der Waals surface area contributed by atoms with Crippen LogP contribution in [0.15, 0.2) is 42.6 Å². The number of hydrogen-bond donors (Lipinski definition) is 1. The summed E-state index contributed by atoms with van der Waals surface area (Å²) in [5.41, 5.74) is 1.66. The highest BCUT2D eigenvalue weighted by Gasteiger charge is 2.17. The highest BCUT2D eigenvalue weighted by atomic mass is 19.1. The fraction of sp³-hybridized carbons (Fsp3) is 0.353. The zero-order valence-electron chi connectivity index (χ0n) is 12.5. The van der Waals surface area contributed by atoms with E-state index >= 15 is 0 Å². The minimum absolute atomic E-state index is 0.0490. The van der Waals surface area contributed by atoms with Crippen LogP contribution < -0.4 is 10.1 Å². The number of benzene rings is 1. The summed E-state index contributed by atoms with van der Waals surface area (Å²) >= 11 is 0. The van der Waals surface area contributed by atoms with Gasteiger partial charge in [0.25, 0.3) is 0 Å². The predicted molar refractivity (Wildman–Crippen MR) is 81.9 cm³/mol. The third-order valence-corrected chi connectivity index (χ3v) is 3.45. The van der Waals surface area contributed by atoms with Crippen LogP contribution in [0.3, 0.4) is 0 Å². The quantitative estimate of drug-likeness (QED) is 0.846. The Bertz CT molecular complexity index is 560. The summed E-state index contributed by atoms with van der Waals surface area (Å²) in [5, 5.41) is 3.34. The topological polar surface area (TPSA) is 34.2 Å². The maximum atomic E-state index is 14.4. The molecular weight excluding hydrogens is 267 g/mol. The third-order valence-electron chi connectivity index (χ3n) is 3.45. The van der Waals surface area contributed by atoms with Crippen molar-refractivity contribution < 1.29 is 9.13 Å². The van der Waals surface area contributed by atoms with E-state index in [1.165, 1.54) is 7.11 Å². The van der Waals surface area contributed by atoms with Gasteiger partial charge in [0.2, 0.25) is 0 Å². The largest absolute Gasteiger partial charge is 0.494 e. The highest BCUT2D eigenvalue weighted by Crippen LogP contribution is 2.27. The first-order valence-electron chi connectivity index (χ1n) is 7.22. The third kappa shape index (κ3) is 4.02. The van der Waals surface area contributed by atoms with E-state index < -0.39 is 0 Å². The molecule has 1 heterocycles. The predicted octanol–water partition coefficient (Wildman–Crippen LogP) is 3.51. The SMILES string of the molecule is CCNC(CCc1ccccn1)c1cccc(OC)c1F. The molecule has 2 aromatic rings. The molecule has 2 rings (SSSR count). The van der Waals surface area contributed by atoms with Gasteiger partial charge in [-0.2, -0.15) is 0 Å². The lowest BCUT2D eigenvalue weighted by Crippen LogP contribution is -2.22. The molecule has 4 heteroatoms. The van der Waals surface area contributed by atoms with Gasteiger partial charge in [0.15, 0.2) is 11.6 Å². The van der Waals surface area contributed by atoms with Crippen molar-refractivity contribution in [2.24, 2.45) is 0 Å². The van der Waals surface area contributed by atoms with E-state index in [-0.39, 0.29) is 17.6 Å². The van der Waals surface area contributed by atoms with Crippen molar-refractivity contribution in [2.75, 3.05) is 13.7 Å². The van der Waals surface area contributed by atoms with Gasteiger partial charge in [-0.25, -0.2) is 4.39 Å². The lowest BCUT2D eigenvalue weighted by molar-refractivity contribution is 0.378. The van der Waals surface area contributed by atoms with Gasteiger partial charge in [-0.1, -0.05) is 25.1 Å². The van der Waals surface area contributed by atoms with E-state index in [2.05, 4.69) is 10.3 Å². The Hall–Kier alpha value is -1.94. The van der Waals surface area contributed by atoms with E-state index in [0.717, 1.165) is 25.1 Å². The van der Waals surface area contributed by atoms with Crippen molar-refractivity contribution in [1.82, 2.24) is 10.3 Å². The zero-order chi connectivity index (χ0) is 15.1. The van der Waals surface area contributed by atoms with E-state index in [9.17, 15) is 4.39 Å². The molecule has 3 nitrogen and oxygen atoms in total.